The molecule has 2 nitrogen and oxygen atoms in total. The van der Waals surface area contributed by atoms with Crippen LogP contribution in [-0.4, -0.2) is 12.9 Å². The van der Waals surface area contributed by atoms with Crippen LogP contribution in [0.3, 0.4) is 0 Å². The summed E-state index contributed by atoms with van der Waals surface area (Å²) in [6.45, 7) is 0. The lowest BCUT2D eigenvalue weighted by Gasteiger charge is -2.06. The molecule has 19 heavy (non-hydrogen) atoms. The molecule has 0 saturated heterocycles. The van der Waals surface area contributed by atoms with Crippen LogP contribution in [0.1, 0.15) is 22.3 Å². The molecule has 0 bridgehead atoms. The van der Waals surface area contributed by atoms with E-state index in [0.717, 1.165) is 5.56 Å². The van der Waals surface area contributed by atoms with Crippen LogP contribution >= 0.6 is 11.6 Å². The number of benzene rings is 2. The zero-order chi connectivity index (χ0) is 13.7. The molecule has 2 rings (SSSR count). The third kappa shape index (κ3) is 3.58. The first-order valence-corrected chi connectivity index (χ1v) is 6.49. The molecule has 0 fully saturated rings. The van der Waals surface area contributed by atoms with Crippen molar-refractivity contribution in [3.05, 3.63) is 64.7 Å². The van der Waals surface area contributed by atoms with Gasteiger partial charge in [0.15, 0.2) is 5.78 Å². The molecule has 0 unspecified atom stereocenters. The number of ether oxygens (including phenoxy) is 1. The number of carbonyl (C=O) groups is 1. The summed E-state index contributed by atoms with van der Waals surface area (Å²) < 4.78 is 5.11. The van der Waals surface area contributed by atoms with E-state index < -0.39 is 0 Å². The Kier molecular flexibility index (Phi) is 4.58. The Bertz CT molecular complexity index is 564. The van der Waals surface area contributed by atoms with E-state index in [-0.39, 0.29) is 5.78 Å². The van der Waals surface area contributed by atoms with Crippen molar-refractivity contribution >= 4 is 17.4 Å². The summed E-state index contributed by atoms with van der Waals surface area (Å²) in [5.41, 5.74) is 1.67. The average Bonchev–Trinajstić information content (AvgIpc) is 2.46. The van der Waals surface area contributed by atoms with Gasteiger partial charge in [0.2, 0.25) is 0 Å². The number of hydrogen-bond acceptors (Lipinski definition) is 2. The highest BCUT2D eigenvalue weighted by Gasteiger charge is 2.11. The summed E-state index contributed by atoms with van der Waals surface area (Å²) in [7, 11) is 1.57. The first kappa shape index (κ1) is 13.6. The molecular formula is C16H15ClO2. The van der Waals surface area contributed by atoms with Gasteiger partial charge in [-0.2, -0.15) is 0 Å². The fourth-order valence-corrected chi connectivity index (χ4v) is 2.11. The van der Waals surface area contributed by atoms with E-state index in [0.29, 0.717) is 29.2 Å². The fraction of sp³-hybridized carbons (Fsp3) is 0.188. The predicted molar refractivity (Wildman–Crippen MR) is 77.1 cm³/mol. The Morgan fingerprint density at radius 1 is 1.16 bits per heavy atom. The molecule has 0 atom stereocenters. The topological polar surface area (TPSA) is 26.3 Å². The lowest BCUT2D eigenvalue weighted by Crippen LogP contribution is -2.02. The molecule has 0 heterocycles. The normalized spacial score (nSPS) is 10.2. The minimum atomic E-state index is 0.0350. The van der Waals surface area contributed by atoms with E-state index >= 15 is 0 Å². The third-order valence-electron chi connectivity index (χ3n) is 2.96. The summed E-state index contributed by atoms with van der Waals surface area (Å²) in [6, 6.07) is 15.1. The number of Topliss-reactive ketones (excluding diaryl/α,β-unsaturated/α-hetero) is 1. The van der Waals surface area contributed by atoms with Crippen molar-refractivity contribution in [2.45, 2.75) is 12.8 Å². The maximum atomic E-state index is 12.2. The van der Waals surface area contributed by atoms with Crippen LogP contribution in [0, 0.1) is 0 Å². The van der Waals surface area contributed by atoms with E-state index in [1.165, 1.54) is 0 Å². The molecule has 0 spiro atoms. The maximum Gasteiger partial charge on any atom is 0.164 e. The van der Waals surface area contributed by atoms with Crippen molar-refractivity contribution in [1.82, 2.24) is 0 Å². The van der Waals surface area contributed by atoms with Gasteiger partial charge in [-0.05, 0) is 30.2 Å². The summed E-state index contributed by atoms with van der Waals surface area (Å²) in [5.74, 6) is 0.681. The van der Waals surface area contributed by atoms with E-state index in [9.17, 15) is 4.79 Å². The molecule has 0 N–H and O–H groups in total. The van der Waals surface area contributed by atoms with Crippen molar-refractivity contribution in [3.8, 4) is 5.75 Å². The van der Waals surface area contributed by atoms with Gasteiger partial charge in [0.25, 0.3) is 0 Å². The van der Waals surface area contributed by atoms with Gasteiger partial charge >= 0.3 is 0 Å². The summed E-state index contributed by atoms with van der Waals surface area (Å²) in [6.07, 6.45) is 1.16. The fourth-order valence-electron chi connectivity index (χ4n) is 1.88. The molecule has 0 aliphatic rings. The summed E-state index contributed by atoms with van der Waals surface area (Å²) >= 11 is 6.05. The van der Waals surface area contributed by atoms with E-state index in [1.807, 2.05) is 30.3 Å². The predicted octanol–water partition coefficient (Wildman–Crippen LogP) is 4.16. The second-order valence-electron chi connectivity index (χ2n) is 4.25. The first-order valence-electron chi connectivity index (χ1n) is 6.11. The largest absolute Gasteiger partial charge is 0.497 e. The Morgan fingerprint density at radius 3 is 2.58 bits per heavy atom. The standard InChI is InChI=1S/C16H15ClO2/c1-19-13-8-9-15(17)14(11-13)16(18)10-7-12-5-3-2-4-6-12/h2-6,8-9,11H,7,10H2,1H3. The zero-order valence-electron chi connectivity index (χ0n) is 10.7. The molecule has 0 saturated carbocycles. The van der Waals surface area contributed by atoms with Crippen LogP contribution in [0.25, 0.3) is 0 Å². The molecule has 0 aliphatic carbocycles. The van der Waals surface area contributed by atoms with Crippen molar-refractivity contribution < 1.29 is 9.53 Å². The van der Waals surface area contributed by atoms with E-state index in [2.05, 4.69) is 0 Å². The molecule has 0 aromatic heterocycles. The third-order valence-corrected chi connectivity index (χ3v) is 3.29. The van der Waals surface area contributed by atoms with Gasteiger partial charge in [-0.25, -0.2) is 0 Å². The Hall–Kier alpha value is -1.80. The van der Waals surface area contributed by atoms with Crippen LogP contribution in [-0.2, 0) is 6.42 Å². The molecule has 0 radical (unpaired) electrons. The SMILES string of the molecule is COc1ccc(Cl)c(C(=O)CCc2ccccc2)c1. The summed E-state index contributed by atoms with van der Waals surface area (Å²) in [4.78, 5) is 12.2. The first-order chi connectivity index (χ1) is 9.20. The molecule has 0 amide bonds. The molecule has 2 aromatic carbocycles. The highest BCUT2D eigenvalue weighted by Crippen LogP contribution is 2.23. The number of hydrogen-bond donors (Lipinski definition) is 0. The molecule has 0 aliphatic heterocycles. The van der Waals surface area contributed by atoms with Crippen LogP contribution in [0.5, 0.6) is 5.75 Å². The smallest absolute Gasteiger partial charge is 0.164 e. The zero-order valence-corrected chi connectivity index (χ0v) is 11.5. The summed E-state index contributed by atoms with van der Waals surface area (Å²) in [5, 5.41) is 0.471. The van der Waals surface area contributed by atoms with E-state index in [1.54, 1.807) is 25.3 Å². The Labute approximate surface area is 118 Å². The van der Waals surface area contributed by atoms with Gasteiger partial charge in [-0.3, -0.25) is 4.79 Å². The van der Waals surface area contributed by atoms with Crippen molar-refractivity contribution in [2.75, 3.05) is 7.11 Å². The van der Waals surface area contributed by atoms with Crippen LogP contribution in [0.15, 0.2) is 48.5 Å². The monoisotopic (exact) mass is 274 g/mol. The van der Waals surface area contributed by atoms with Crippen LogP contribution < -0.4 is 4.74 Å². The molecular weight excluding hydrogens is 260 g/mol. The second-order valence-corrected chi connectivity index (χ2v) is 4.66. The average molecular weight is 275 g/mol. The second kappa shape index (κ2) is 6.39. The van der Waals surface area contributed by atoms with Crippen molar-refractivity contribution in [3.63, 3.8) is 0 Å². The lowest BCUT2D eigenvalue weighted by molar-refractivity contribution is 0.0982. The number of rotatable bonds is 5. The Morgan fingerprint density at radius 2 is 1.89 bits per heavy atom. The van der Waals surface area contributed by atoms with Gasteiger partial charge < -0.3 is 4.74 Å². The number of ketones is 1. The number of aryl methyl sites for hydroxylation is 1. The van der Waals surface area contributed by atoms with Gasteiger partial charge in [-0.1, -0.05) is 41.9 Å². The van der Waals surface area contributed by atoms with Crippen LogP contribution in [0.2, 0.25) is 5.02 Å². The molecule has 2 aromatic rings. The van der Waals surface area contributed by atoms with Gasteiger partial charge in [0.1, 0.15) is 5.75 Å². The highest BCUT2D eigenvalue weighted by atomic mass is 35.5. The van der Waals surface area contributed by atoms with Crippen LogP contribution in [0.4, 0.5) is 0 Å². The minimum absolute atomic E-state index is 0.0350. The quantitative estimate of drug-likeness (QED) is 0.765. The van der Waals surface area contributed by atoms with Gasteiger partial charge in [0.05, 0.1) is 12.1 Å². The van der Waals surface area contributed by atoms with Gasteiger partial charge in [-0.15, -0.1) is 0 Å². The maximum absolute atomic E-state index is 12.2. The molecule has 3 heteroatoms. The van der Waals surface area contributed by atoms with Gasteiger partial charge in [0, 0.05) is 12.0 Å². The highest BCUT2D eigenvalue weighted by molar-refractivity contribution is 6.34. The minimum Gasteiger partial charge on any atom is -0.497 e. The lowest BCUT2D eigenvalue weighted by atomic mass is 10.0. The Balaban J connectivity index is 2.08. The number of methoxy groups -OCH3 is 1. The van der Waals surface area contributed by atoms with Crippen molar-refractivity contribution in [1.29, 1.82) is 0 Å². The molecule has 98 valence electrons. The van der Waals surface area contributed by atoms with E-state index in [4.69, 9.17) is 16.3 Å². The number of halogens is 1. The van der Waals surface area contributed by atoms with Crippen molar-refractivity contribution in [2.24, 2.45) is 0 Å². The number of carbonyl (C=O) groups excluding carboxylic acids is 1.